The first kappa shape index (κ1) is 25.9. The van der Waals surface area contributed by atoms with Crippen molar-refractivity contribution in [1.29, 1.82) is 0 Å². The van der Waals surface area contributed by atoms with Gasteiger partial charge in [0.15, 0.2) is 5.82 Å². The molecule has 0 radical (unpaired) electrons. The van der Waals surface area contributed by atoms with E-state index >= 15 is 0 Å². The highest BCUT2D eigenvalue weighted by molar-refractivity contribution is 6.03. The topological polar surface area (TPSA) is 115 Å². The molecular weight excluding hydrogens is 527 g/mol. The van der Waals surface area contributed by atoms with Crippen LogP contribution in [0.1, 0.15) is 18.1 Å². The Balaban J connectivity index is 1.29. The van der Waals surface area contributed by atoms with E-state index in [0.29, 0.717) is 49.2 Å². The number of hydrogen-bond donors (Lipinski definition) is 2. The molecule has 208 valence electrons. The number of hydrogen-bond acceptors (Lipinski definition) is 6. The third-order valence-corrected chi connectivity index (χ3v) is 7.35. The number of nitrogens with zero attached hydrogens (tertiary/aromatic N) is 3. The SMILES string of the molecule is CC1(Cn2cc(-c3ccc4c(c3)CCN4C(=O)Cc3cccc(OC(F)(F)F)c3)c3c(N)n[nH]c(=O)c32)COC1. The Morgan fingerprint density at radius 2 is 2.02 bits per heavy atom. The molecule has 2 aromatic heterocycles. The Bertz CT molecular complexity index is 1690. The number of aromatic amines is 1. The van der Waals surface area contributed by atoms with Gasteiger partial charge in [-0.25, -0.2) is 5.10 Å². The van der Waals surface area contributed by atoms with Crippen LogP contribution >= 0.6 is 0 Å². The first-order valence-electron chi connectivity index (χ1n) is 12.7. The van der Waals surface area contributed by atoms with E-state index < -0.39 is 6.36 Å². The van der Waals surface area contributed by atoms with Crippen molar-refractivity contribution in [2.24, 2.45) is 5.41 Å². The highest BCUT2D eigenvalue weighted by Crippen LogP contribution is 2.38. The highest BCUT2D eigenvalue weighted by atomic mass is 19.4. The minimum absolute atomic E-state index is 0.0722. The summed E-state index contributed by atoms with van der Waals surface area (Å²) in [4.78, 5) is 27.6. The van der Waals surface area contributed by atoms with Gasteiger partial charge in [-0.1, -0.05) is 25.1 Å². The van der Waals surface area contributed by atoms with E-state index in [4.69, 9.17) is 10.5 Å². The number of H-pyrrole nitrogens is 1. The number of carbonyl (C=O) groups is 1. The first-order valence-corrected chi connectivity index (χ1v) is 12.7. The van der Waals surface area contributed by atoms with E-state index in [1.54, 1.807) is 11.0 Å². The molecule has 3 N–H and O–H groups in total. The van der Waals surface area contributed by atoms with Crippen LogP contribution in [0.4, 0.5) is 24.7 Å². The van der Waals surface area contributed by atoms with Gasteiger partial charge in [0.05, 0.1) is 25.0 Å². The van der Waals surface area contributed by atoms with Crippen LogP contribution in [0, 0.1) is 5.41 Å². The lowest BCUT2D eigenvalue weighted by Crippen LogP contribution is -2.43. The fraction of sp³-hybridized carbons (Fsp3) is 0.321. The molecule has 0 aliphatic carbocycles. The predicted octanol–water partition coefficient (Wildman–Crippen LogP) is 4.04. The van der Waals surface area contributed by atoms with E-state index in [9.17, 15) is 22.8 Å². The number of nitrogen functional groups attached to an aromatic ring is 1. The zero-order chi connectivity index (χ0) is 28.2. The van der Waals surface area contributed by atoms with Crippen molar-refractivity contribution in [2.75, 3.05) is 30.4 Å². The lowest BCUT2D eigenvalue weighted by atomic mass is 9.88. The Morgan fingerprint density at radius 3 is 2.75 bits per heavy atom. The van der Waals surface area contributed by atoms with Gasteiger partial charge in [0.25, 0.3) is 5.56 Å². The molecule has 2 aliphatic heterocycles. The minimum Gasteiger partial charge on any atom is -0.406 e. The normalized spacial score (nSPS) is 16.1. The Morgan fingerprint density at radius 1 is 1.23 bits per heavy atom. The van der Waals surface area contributed by atoms with Gasteiger partial charge in [-0.2, -0.15) is 5.10 Å². The Labute approximate surface area is 226 Å². The quantitative estimate of drug-likeness (QED) is 0.373. The number of nitrogens with one attached hydrogen (secondary N) is 1. The number of nitrogens with two attached hydrogens (primary N) is 1. The van der Waals surface area contributed by atoms with Gasteiger partial charge < -0.3 is 24.7 Å². The van der Waals surface area contributed by atoms with Crippen LogP contribution in [0.25, 0.3) is 22.0 Å². The van der Waals surface area contributed by atoms with Crippen LogP contribution in [0.5, 0.6) is 5.75 Å². The summed E-state index contributed by atoms with van der Waals surface area (Å²) in [6.45, 7) is 4.32. The molecule has 40 heavy (non-hydrogen) atoms. The summed E-state index contributed by atoms with van der Waals surface area (Å²) in [5, 5.41) is 7.03. The average Bonchev–Trinajstić information content (AvgIpc) is 3.46. The molecule has 0 spiro atoms. The maximum atomic E-state index is 13.1. The second-order valence-electron chi connectivity index (χ2n) is 10.6. The summed E-state index contributed by atoms with van der Waals surface area (Å²) in [6.07, 6.45) is -2.36. The Kier molecular flexibility index (Phi) is 6.10. The van der Waals surface area contributed by atoms with Crippen LogP contribution in [0.15, 0.2) is 53.5 Å². The van der Waals surface area contributed by atoms with Gasteiger partial charge >= 0.3 is 6.36 Å². The number of rotatable bonds is 6. The number of halogens is 3. The highest BCUT2D eigenvalue weighted by Gasteiger charge is 2.35. The van der Waals surface area contributed by atoms with Crippen molar-refractivity contribution in [3.63, 3.8) is 0 Å². The molecular formula is C28H26F3N5O4. The summed E-state index contributed by atoms with van der Waals surface area (Å²) >= 11 is 0. The molecule has 0 bridgehead atoms. The van der Waals surface area contributed by atoms with E-state index in [-0.39, 0.29) is 34.9 Å². The van der Waals surface area contributed by atoms with Crippen LogP contribution in [-0.2, 0) is 28.9 Å². The number of benzene rings is 2. The van der Waals surface area contributed by atoms with Crippen molar-refractivity contribution in [2.45, 2.75) is 32.7 Å². The molecule has 12 heteroatoms. The molecule has 4 aromatic rings. The third-order valence-electron chi connectivity index (χ3n) is 7.35. The molecule has 1 saturated heterocycles. The van der Waals surface area contributed by atoms with E-state index in [1.807, 2.05) is 29.0 Å². The molecule has 0 atom stereocenters. The van der Waals surface area contributed by atoms with Crippen LogP contribution < -0.4 is 20.9 Å². The zero-order valence-corrected chi connectivity index (χ0v) is 21.5. The lowest BCUT2D eigenvalue weighted by Gasteiger charge is -2.38. The smallest absolute Gasteiger partial charge is 0.406 e. The van der Waals surface area contributed by atoms with Crippen LogP contribution in [-0.4, -0.2) is 46.8 Å². The average molecular weight is 554 g/mol. The fourth-order valence-electron chi connectivity index (χ4n) is 5.53. The third kappa shape index (κ3) is 4.79. The molecule has 2 aromatic carbocycles. The largest absolute Gasteiger partial charge is 0.573 e. The van der Waals surface area contributed by atoms with Gasteiger partial charge in [-0.3, -0.25) is 9.59 Å². The molecule has 9 nitrogen and oxygen atoms in total. The summed E-state index contributed by atoms with van der Waals surface area (Å²) in [5.74, 6) is -0.384. The van der Waals surface area contributed by atoms with Crippen LogP contribution in [0.2, 0.25) is 0 Å². The maximum Gasteiger partial charge on any atom is 0.573 e. The minimum atomic E-state index is -4.81. The predicted molar refractivity (Wildman–Crippen MR) is 142 cm³/mol. The molecule has 0 unspecified atom stereocenters. The summed E-state index contributed by atoms with van der Waals surface area (Å²) in [7, 11) is 0. The van der Waals surface area contributed by atoms with Gasteiger partial charge in [0.1, 0.15) is 11.3 Å². The van der Waals surface area contributed by atoms with E-state index in [2.05, 4.69) is 21.9 Å². The number of fused-ring (bicyclic) bond motifs is 2. The number of amides is 1. The van der Waals surface area contributed by atoms with Crippen molar-refractivity contribution in [3.8, 4) is 16.9 Å². The van der Waals surface area contributed by atoms with Gasteiger partial charge in [-0.05, 0) is 47.4 Å². The number of carbonyl (C=O) groups excluding carboxylic acids is 1. The molecule has 4 heterocycles. The van der Waals surface area contributed by atoms with Crippen molar-refractivity contribution in [3.05, 3.63) is 70.1 Å². The molecule has 0 saturated carbocycles. The second-order valence-corrected chi connectivity index (χ2v) is 10.6. The lowest BCUT2D eigenvalue weighted by molar-refractivity contribution is -0.274. The van der Waals surface area contributed by atoms with Gasteiger partial charge in [-0.15, -0.1) is 13.2 Å². The molecule has 2 aliphatic rings. The van der Waals surface area contributed by atoms with Crippen molar-refractivity contribution >= 4 is 28.3 Å². The fourth-order valence-corrected chi connectivity index (χ4v) is 5.53. The number of ether oxygens (including phenoxy) is 2. The van der Waals surface area contributed by atoms with Gasteiger partial charge in [0, 0.05) is 36.0 Å². The van der Waals surface area contributed by atoms with Crippen molar-refractivity contribution in [1.82, 2.24) is 14.8 Å². The molecule has 1 amide bonds. The van der Waals surface area contributed by atoms with E-state index in [1.165, 1.54) is 18.2 Å². The van der Waals surface area contributed by atoms with Crippen LogP contribution in [0.3, 0.4) is 0 Å². The first-order chi connectivity index (χ1) is 19.0. The second kappa shape index (κ2) is 9.40. The number of alkyl halides is 3. The standard InChI is InChI=1S/C28H26F3N5O4/c1-27(14-39-15-27)13-35-12-20(23-24(35)26(38)34-33-25(23)32)17-5-6-21-18(11-17)7-8-36(21)22(37)10-16-3-2-4-19(9-16)40-28(29,30)31/h2-6,9,11-12H,7-8,10,13-15H2,1H3,(H2,32,33)(H,34,38). The monoisotopic (exact) mass is 553 g/mol. The van der Waals surface area contributed by atoms with E-state index in [0.717, 1.165) is 22.4 Å². The van der Waals surface area contributed by atoms with Gasteiger partial charge in [0.2, 0.25) is 5.91 Å². The zero-order valence-electron chi connectivity index (χ0n) is 21.5. The number of anilines is 2. The summed E-state index contributed by atoms with van der Waals surface area (Å²) in [6, 6.07) is 11.1. The van der Waals surface area contributed by atoms with Crippen molar-refractivity contribution < 1.29 is 27.4 Å². The maximum absolute atomic E-state index is 13.1. The molecule has 6 rings (SSSR count). The Hall–Kier alpha value is -4.32. The molecule has 1 fully saturated rings. The summed E-state index contributed by atoms with van der Waals surface area (Å²) in [5.41, 5.74) is 9.96. The number of aromatic nitrogens is 3. The summed E-state index contributed by atoms with van der Waals surface area (Å²) < 4.78 is 49.0.